The zero-order valence-electron chi connectivity index (χ0n) is 22.9. The average molecular weight is 592 g/mol. The summed E-state index contributed by atoms with van der Waals surface area (Å²) >= 11 is 0. The van der Waals surface area contributed by atoms with Crippen molar-refractivity contribution in [3.05, 3.63) is 24.0 Å². The Morgan fingerprint density at radius 2 is 1.55 bits per heavy atom. The quantitative estimate of drug-likeness (QED) is 0.148. The Morgan fingerprint density at radius 3 is 2.02 bits per heavy atom. The summed E-state index contributed by atoms with van der Waals surface area (Å²) in [5.41, 5.74) is 0.0166. The molecule has 0 aromatic carbocycles. The lowest BCUT2D eigenvalue weighted by Crippen LogP contribution is -2.45. The normalized spacial score (nSPS) is 23.9. The van der Waals surface area contributed by atoms with Crippen LogP contribution in [0.4, 0.5) is 0 Å². The fraction of sp³-hybridized carbons (Fsp3) is 0.609. The van der Waals surface area contributed by atoms with Crippen LogP contribution < -0.4 is 10.2 Å². The summed E-state index contributed by atoms with van der Waals surface area (Å²) in [6, 6.07) is -2.30. The number of nitrogens with zero attached hydrogens (tertiary/aromatic N) is 1. The van der Waals surface area contributed by atoms with Crippen LogP contribution in [0.25, 0.3) is 0 Å². The van der Waals surface area contributed by atoms with E-state index in [2.05, 4.69) is 19.6 Å². The first-order chi connectivity index (χ1) is 18.7. The standard InChI is InChI=1S/C23H34N3O13P/c1-12(22(31)34-5)24-40(33,25-13(2)23(32)35-6)36-11-17-18(37-14(3)27)19(38-15(4)28)20(39-17)26-9-7-8-16(10-26)21(29)30/h7,9-10,12-13,17-20H,8,11H2,1-6H3,(H,29,30)(H2,24,25,33)/t12-,13-,17+,18+,19+,20+/m0/s1. The number of rotatable bonds is 13. The maximum atomic E-state index is 13.7. The number of carboxylic acid groups (broad SMARTS) is 1. The Morgan fingerprint density at radius 1 is 1.02 bits per heavy atom. The van der Waals surface area contributed by atoms with Gasteiger partial charge in [-0.05, 0) is 13.8 Å². The van der Waals surface area contributed by atoms with Gasteiger partial charge in [-0.1, -0.05) is 6.08 Å². The molecule has 1 fully saturated rings. The fourth-order valence-electron chi connectivity index (χ4n) is 3.87. The van der Waals surface area contributed by atoms with Crippen LogP contribution >= 0.6 is 7.67 Å². The highest BCUT2D eigenvalue weighted by Crippen LogP contribution is 2.41. The highest BCUT2D eigenvalue weighted by Gasteiger charge is 2.52. The van der Waals surface area contributed by atoms with E-state index in [1.54, 1.807) is 6.08 Å². The van der Waals surface area contributed by atoms with Crippen LogP contribution in [-0.2, 0) is 56.7 Å². The summed E-state index contributed by atoms with van der Waals surface area (Å²) in [6.45, 7) is 4.37. The number of carboxylic acids is 1. The van der Waals surface area contributed by atoms with E-state index >= 15 is 0 Å². The summed E-state index contributed by atoms with van der Waals surface area (Å²) in [6.07, 6.45) is -0.459. The lowest BCUT2D eigenvalue weighted by molar-refractivity contribution is -0.166. The molecular weight excluding hydrogens is 557 g/mol. The Hall–Kier alpha value is -3.30. The smallest absolute Gasteiger partial charge is 0.342 e. The fourth-order valence-corrected chi connectivity index (χ4v) is 5.68. The minimum Gasteiger partial charge on any atom is -0.478 e. The third kappa shape index (κ3) is 8.86. The number of hydrogen-bond donors (Lipinski definition) is 3. The highest BCUT2D eigenvalue weighted by atomic mass is 31.2. The van der Waals surface area contributed by atoms with E-state index in [0.717, 1.165) is 28.1 Å². The third-order valence-electron chi connectivity index (χ3n) is 5.64. The Balaban J connectivity index is 2.39. The van der Waals surface area contributed by atoms with Gasteiger partial charge in [0.1, 0.15) is 18.2 Å². The first-order valence-electron chi connectivity index (χ1n) is 12.0. The zero-order valence-corrected chi connectivity index (χ0v) is 23.7. The topological polar surface area (TPSA) is 205 Å². The second-order valence-corrected chi connectivity index (χ2v) is 10.7. The molecule has 2 aliphatic heterocycles. The van der Waals surface area contributed by atoms with E-state index in [4.69, 9.17) is 18.7 Å². The van der Waals surface area contributed by atoms with Crippen molar-refractivity contribution in [1.29, 1.82) is 0 Å². The second-order valence-electron chi connectivity index (χ2n) is 8.80. The van der Waals surface area contributed by atoms with Crippen molar-refractivity contribution in [2.24, 2.45) is 0 Å². The van der Waals surface area contributed by atoms with Gasteiger partial charge < -0.3 is 38.2 Å². The number of esters is 4. The van der Waals surface area contributed by atoms with Crippen molar-refractivity contribution < 1.29 is 61.9 Å². The number of nitrogens with one attached hydrogen (secondary N) is 2. The maximum Gasteiger partial charge on any atom is 0.342 e. The molecule has 0 aromatic heterocycles. The number of allylic oxidation sites excluding steroid dienone is 1. The lowest BCUT2D eigenvalue weighted by Gasteiger charge is -2.30. The molecule has 2 aliphatic rings. The Kier molecular flexibility index (Phi) is 11.8. The van der Waals surface area contributed by atoms with Crippen molar-refractivity contribution in [3.8, 4) is 0 Å². The molecule has 0 spiro atoms. The van der Waals surface area contributed by atoms with Gasteiger partial charge in [0.05, 0.1) is 26.4 Å². The van der Waals surface area contributed by atoms with Crippen LogP contribution in [0.5, 0.6) is 0 Å². The molecule has 0 radical (unpaired) electrons. The molecule has 0 aliphatic carbocycles. The third-order valence-corrected chi connectivity index (χ3v) is 7.60. The average Bonchev–Trinajstić information content (AvgIpc) is 3.21. The number of hydrogen-bond acceptors (Lipinski definition) is 13. The zero-order chi connectivity index (χ0) is 30.2. The lowest BCUT2D eigenvalue weighted by atomic mass is 10.1. The Bertz CT molecular complexity index is 1070. The number of ether oxygens (including phenoxy) is 5. The van der Waals surface area contributed by atoms with E-state index in [9.17, 15) is 33.6 Å². The van der Waals surface area contributed by atoms with Gasteiger partial charge in [0.15, 0.2) is 18.4 Å². The molecule has 224 valence electrons. The van der Waals surface area contributed by atoms with E-state index < -0.39 is 80.7 Å². The van der Waals surface area contributed by atoms with E-state index in [-0.39, 0.29) is 12.0 Å². The molecule has 2 rings (SSSR count). The molecule has 0 bridgehead atoms. The first kappa shape index (κ1) is 32.9. The minimum absolute atomic E-state index is 0.0166. The highest BCUT2D eigenvalue weighted by molar-refractivity contribution is 7.54. The van der Waals surface area contributed by atoms with Gasteiger partial charge in [-0.2, -0.15) is 0 Å². The van der Waals surface area contributed by atoms with Crippen molar-refractivity contribution in [2.45, 2.75) is 70.7 Å². The number of carbonyl (C=O) groups excluding carboxylic acids is 4. The van der Waals surface area contributed by atoms with Crippen molar-refractivity contribution in [1.82, 2.24) is 15.1 Å². The molecule has 0 amide bonds. The van der Waals surface area contributed by atoms with Crippen molar-refractivity contribution in [3.63, 3.8) is 0 Å². The molecule has 0 saturated carbocycles. The molecule has 2 heterocycles. The van der Waals surface area contributed by atoms with Gasteiger partial charge in [0, 0.05) is 32.7 Å². The first-order valence-corrected chi connectivity index (χ1v) is 13.7. The molecule has 17 heteroatoms. The van der Waals surface area contributed by atoms with Gasteiger partial charge >= 0.3 is 37.5 Å². The summed E-state index contributed by atoms with van der Waals surface area (Å²) in [5.74, 6) is -4.23. The summed E-state index contributed by atoms with van der Waals surface area (Å²) in [4.78, 5) is 60.7. The molecule has 40 heavy (non-hydrogen) atoms. The monoisotopic (exact) mass is 591 g/mol. The number of carbonyl (C=O) groups is 5. The SMILES string of the molecule is COC(=O)[C@H](C)NP(=O)(N[C@@H](C)C(=O)OC)OC[C@H]1O[C@@H](N2C=CCC(C(=O)O)=C2)[C@H](OC(C)=O)[C@@H]1OC(C)=O. The summed E-state index contributed by atoms with van der Waals surface area (Å²) < 4.78 is 45.4. The molecule has 16 nitrogen and oxygen atoms in total. The van der Waals surface area contributed by atoms with Crippen LogP contribution in [-0.4, -0.2) is 97.3 Å². The number of methoxy groups -OCH3 is 2. The predicted molar refractivity (Wildman–Crippen MR) is 134 cm³/mol. The van der Waals surface area contributed by atoms with Crippen LogP contribution in [0.1, 0.15) is 34.1 Å². The maximum absolute atomic E-state index is 13.7. The molecule has 3 N–H and O–H groups in total. The van der Waals surface area contributed by atoms with Gasteiger partial charge in [0.25, 0.3) is 0 Å². The molecule has 0 unspecified atom stereocenters. The Labute approximate surface area is 230 Å². The molecule has 0 aromatic rings. The number of aliphatic carboxylic acids is 1. The predicted octanol–water partition coefficient (Wildman–Crippen LogP) is 0.190. The van der Waals surface area contributed by atoms with Crippen LogP contribution in [0.3, 0.4) is 0 Å². The van der Waals surface area contributed by atoms with E-state index in [1.807, 2.05) is 0 Å². The molecular formula is C23H34N3O13P. The summed E-state index contributed by atoms with van der Waals surface area (Å²) in [7, 11) is -2.00. The van der Waals surface area contributed by atoms with Crippen molar-refractivity contribution >= 4 is 37.5 Å². The van der Waals surface area contributed by atoms with Gasteiger partial charge in [-0.15, -0.1) is 0 Å². The van der Waals surface area contributed by atoms with Crippen molar-refractivity contribution in [2.75, 3.05) is 20.8 Å². The van der Waals surface area contributed by atoms with Crippen LogP contribution in [0, 0.1) is 0 Å². The van der Waals surface area contributed by atoms with Gasteiger partial charge in [-0.25, -0.2) is 15.0 Å². The minimum atomic E-state index is -4.25. The van der Waals surface area contributed by atoms with Gasteiger partial charge in [0.2, 0.25) is 0 Å². The molecule has 1 saturated heterocycles. The van der Waals surface area contributed by atoms with Gasteiger partial charge in [-0.3, -0.25) is 23.7 Å². The summed E-state index contributed by atoms with van der Waals surface area (Å²) in [5, 5.41) is 14.3. The largest absolute Gasteiger partial charge is 0.478 e. The van der Waals surface area contributed by atoms with E-state index in [1.165, 1.54) is 31.1 Å². The van der Waals surface area contributed by atoms with Crippen LogP contribution in [0.15, 0.2) is 24.0 Å². The molecule has 6 atom stereocenters. The second kappa shape index (κ2) is 14.4. The van der Waals surface area contributed by atoms with E-state index in [0.29, 0.717) is 0 Å². The van der Waals surface area contributed by atoms with Crippen LogP contribution in [0.2, 0.25) is 0 Å².